The fourth-order valence-corrected chi connectivity index (χ4v) is 4.50. The van der Waals surface area contributed by atoms with Gasteiger partial charge in [-0.2, -0.15) is 0 Å². The van der Waals surface area contributed by atoms with Gasteiger partial charge in [0.25, 0.3) is 0 Å². The van der Waals surface area contributed by atoms with Gasteiger partial charge in [-0.25, -0.2) is 0 Å². The lowest BCUT2D eigenvalue weighted by Crippen LogP contribution is -2.50. The summed E-state index contributed by atoms with van der Waals surface area (Å²) >= 11 is 0. The number of amides is 1. The third kappa shape index (κ3) is 3.35. The second-order valence-corrected chi connectivity index (χ2v) is 7.38. The van der Waals surface area contributed by atoms with Gasteiger partial charge in [-0.05, 0) is 36.2 Å². The van der Waals surface area contributed by atoms with Crippen molar-refractivity contribution in [1.82, 2.24) is 9.80 Å². The molecular weight excluding hydrogens is 284 g/mol. The van der Waals surface area contributed by atoms with Gasteiger partial charge in [0.1, 0.15) is 0 Å². The number of hydrogen-bond donors (Lipinski definition) is 0. The van der Waals surface area contributed by atoms with E-state index in [4.69, 9.17) is 0 Å². The van der Waals surface area contributed by atoms with E-state index in [0.29, 0.717) is 6.42 Å². The lowest BCUT2D eigenvalue weighted by molar-refractivity contribution is -0.132. The first-order valence-corrected chi connectivity index (χ1v) is 9.00. The predicted octanol–water partition coefficient (Wildman–Crippen LogP) is 2.59. The molecule has 1 saturated heterocycles. The molecule has 1 amide bonds. The predicted molar refractivity (Wildman–Crippen MR) is 92.0 cm³/mol. The summed E-state index contributed by atoms with van der Waals surface area (Å²) in [6, 6.07) is 10.1. The van der Waals surface area contributed by atoms with Crippen LogP contribution in [-0.4, -0.2) is 48.4 Å². The first kappa shape index (κ1) is 14.9. The first-order chi connectivity index (χ1) is 11.3. The molecule has 122 valence electrons. The van der Waals surface area contributed by atoms with Crippen LogP contribution < -0.4 is 0 Å². The van der Waals surface area contributed by atoms with Gasteiger partial charge in [0, 0.05) is 32.7 Å². The fourth-order valence-electron chi connectivity index (χ4n) is 4.50. The number of hydrogen-bond acceptors (Lipinski definition) is 2. The highest BCUT2D eigenvalue weighted by Crippen LogP contribution is 2.43. The van der Waals surface area contributed by atoms with E-state index < -0.39 is 0 Å². The Morgan fingerprint density at radius 1 is 1.00 bits per heavy atom. The van der Waals surface area contributed by atoms with E-state index >= 15 is 0 Å². The number of carbonyl (C=O) groups excluding carboxylic acids is 1. The molecule has 0 radical (unpaired) electrons. The second-order valence-electron chi connectivity index (χ2n) is 7.38. The maximum Gasteiger partial charge on any atom is 0.227 e. The van der Waals surface area contributed by atoms with Crippen LogP contribution in [-0.2, 0) is 11.2 Å². The van der Waals surface area contributed by atoms with Crippen LogP contribution in [0.2, 0.25) is 0 Å². The average Bonchev–Trinajstić information content (AvgIpc) is 3.19. The summed E-state index contributed by atoms with van der Waals surface area (Å²) in [5, 5.41) is 0. The number of nitrogens with zero attached hydrogens (tertiary/aromatic N) is 2. The maximum absolute atomic E-state index is 12.4. The van der Waals surface area contributed by atoms with Crippen molar-refractivity contribution in [3.8, 4) is 0 Å². The van der Waals surface area contributed by atoms with Crippen molar-refractivity contribution in [2.24, 2.45) is 17.8 Å². The monoisotopic (exact) mass is 310 g/mol. The van der Waals surface area contributed by atoms with Gasteiger partial charge in [-0.3, -0.25) is 9.69 Å². The zero-order valence-electron chi connectivity index (χ0n) is 13.7. The number of fused-ring (bicyclic) bond motifs is 2. The van der Waals surface area contributed by atoms with E-state index in [1.807, 2.05) is 35.2 Å². The van der Waals surface area contributed by atoms with Crippen molar-refractivity contribution in [2.45, 2.75) is 19.3 Å². The van der Waals surface area contributed by atoms with Crippen LogP contribution in [0.5, 0.6) is 0 Å². The standard InChI is InChI=1S/C20H26N2O/c23-20(14-16-4-2-1-3-5-16)22-10-8-21(9-11-22)15-19-13-17-6-7-18(19)12-17/h1-7,17-19H,8-15H2/t17-,18+,19-/m0/s1. The van der Waals surface area contributed by atoms with E-state index in [-0.39, 0.29) is 5.91 Å². The van der Waals surface area contributed by atoms with Gasteiger partial charge in [0.15, 0.2) is 0 Å². The molecule has 1 aromatic carbocycles. The Balaban J connectivity index is 1.24. The number of carbonyl (C=O) groups is 1. The minimum atomic E-state index is 0.277. The third-order valence-electron chi connectivity index (χ3n) is 5.83. The van der Waals surface area contributed by atoms with Gasteiger partial charge >= 0.3 is 0 Å². The summed E-state index contributed by atoms with van der Waals surface area (Å²) in [6.07, 6.45) is 8.17. The quantitative estimate of drug-likeness (QED) is 0.798. The lowest BCUT2D eigenvalue weighted by atomic mass is 9.93. The van der Waals surface area contributed by atoms with Gasteiger partial charge in [-0.15, -0.1) is 0 Å². The molecule has 1 heterocycles. The van der Waals surface area contributed by atoms with E-state index in [0.717, 1.165) is 49.5 Å². The topological polar surface area (TPSA) is 23.6 Å². The first-order valence-electron chi connectivity index (χ1n) is 9.00. The van der Waals surface area contributed by atoms with Crippen LogP contribution in [0.25, 0.3) is 0 Å². The Morgan fingerprint density at radius 3 is 2.43 bits per heavy atom. The molecule has 4 rings (SSSR count). The fraction of sp³-hybridized carbons (Fsp3) is 0.550. The molecule has 1 aliphatic heterocycles. The zero-order chi connectivity index (χ0) is 15.6. The maximum atomic E-state index is 12.4. The van der Waals surface area contributed by atoms with Gasteiger partial charge in [0.2, 0.25) is 5.91 Å². The summed E-state index contributed by atoms with van der Waals surface area (Å²) in [5.74, 6) is 2.83. The van der Waals surface area contributed by atoms with Crippen molar-refractivity contribution in [1.29, 1.82) is 0 Å². The molecule has 1 aromatic rings. The molecule has 3 heteroatoms. The van der Waals surface area contributed by atoms with Crippen LogP contribution in [0, 0.1) is 17.8 Å². The van der Waals surface area contributed by atoms with E-state index in [9.17, 15) is 4.79 Å². The zero-order valence-corrected chi connectivity index (χ0v) is 13.7. The Hall–Kier alpha value is -1.61. The highest BCUT2D eigenvalue weighted by Gasteiger charge is 2.36. The Kier molecular flexibility index (Phi) is 4.21. The largest absolute Gasteiger partial charge is 0.340 e. The summed E-state index contributed by atoms with van der Waals surface area (Å²) in [5.41, 5.74) is 1.12. The number of rotatable bonds is 4. The van der Waals surface area contributed by atoms with Crippen LogP contribution in [0.4, 0.5) is 0 Å². The molecule has 0 N–H and O–H groups in total. The molecule has 2 aliphatic carbocycles. The summed E-state index contributed by atoms with van der Waals surface area (Å²) in [6.45, 7) is 5.09. The smallest absolute Gasteiger partial charge is 0.227 e. The summed E-state index contributed by atoms with van der Waals surface area (Å²) in [4.78, 5) is 17.0. The molecule has 0 aromatic heterocycles. The third-order valence-corrected chi connectivity index (χ3v) is 5.83. The second kappa shape index (κ2) is 6.48. The van der Waals surface area contributed by atoms with Gasteiger partial charge in [0.05, 0.1) is 6.42 Å². The van der Waals surface area contributed by atoms with E-state index in [1.54, 1.807) is 0 Å². The van der Waals surface area contributed by atoms with Gasteiger partial charge < -0.3 is 4.90 Å². The van der Waals surface area contributed by atoms with Crippen LogP contribution in [0.3, 0.4) is 0 Å². The van der Waals surface area contributed by atoms with E-state index in [1.165, 1.54) is 19.4 Å². The molecule has 2 bridgehead atoms. The Bertz CT molecular complexity index is 575. The molecule has 3 aliphatic rings. The lowest BCUT2D eigenvalue weighted by Gasteiger charge is -2.37. The van der Waals surface area contributed by atoms with Crippen LogP contribution >= 0.6 is 0 Å². The number of piperazine rings is 1. The molecule has 2 fully saturated rings. The Labute approximate surface area is 139 Å². The normalized spacial score (nSPS) is 30.1. The minimum Gasteiger partial charge on any atom is -0.340 e. The highest BCUT2D eigenvalue weighted by molar-refractivity contribution is 5.78. The van der Waals surface area contributed by atoms with Gasteiger partial charge in [-0.1, -0.05) is 42.5 Å². The van der Waals surface area contributed by atoms with Crippen molar-refractivity contribution in [2.75, 3.05) is 32.7 Å². The molecule has 3 nitrogen and oxygen atoms in total. The van der Waals surface area contributed by atoms with Crippen molar-refractivity contribution < 1.29 is 4.79 Å². The minimum absolute atomic E-state index is 0.277. The average molecular weight is 310 g/mol. The van der Waals surface area contributed by atoms with Crippen molar-refractivity contribution >= 4 is 5.91 Å². The van der Waals surface area contributed by atoms with Crippen molar-refractivity contribution in [3.05, 3.63) is 48.0 Å². The molecule has 3 atom stereocenters. The van der Waals surface area contributed by atoms with Crippen molar-refractivity contribution in [3.63, 3.8) is 0 Å². The Morgan fingerprint density at radius 2 is 1.78 bits per heavy atom. The molecule has 0 unspecified atom stereocenters. The SMILES string of the molecule is O=C(Cc1ccccc1)N1CCN(C[C@@H]2C[C@H]3C=C[C@@H]2C3)CC1. The molecule has 1 saturated carbocycles. The van der Waals surface area contributed by atoms with E-state index in [2.05, 4.69) is 17.1 Å². The highest BCUT2D eigenvalue weighted by atomic mass is 16.2. The van der Waals surface area contributed by atoms with Crippen LogP contribution in [0.15, 0.2) is 42.5 Å². The number of allylic oxidation sites excluding steroid dienone is 2. The molecule has 0 spiro atoms. The summed E-state index contributed by atoms with van der Waals surface area (Å²) < 4.78 is 0. The molecular formula is C20H26N2O. The summed E-state index contributed by atoms with van der Waals surface area (Å²) in [7, 11) is 0. The molecule has 23 heavy (non-hydrogen) atoms. The van der Waals surface area contributed by atoms with Crippen LogP contribution in [0.1, 0.15) is 18.4 Å². The number of benzene rings is 1.